The predicted molar refractivity (Wildman–Crippen MR) is 125 cm³/mol. The second-order valence-corrected chi connectivity index (χ2v) is 8.60. The number of ether oxygens (including phenoxy) is 2. The monoisotopic (exact) mass is 468 g/mol. The Hall–Kier alpha value is -3.43. The number of nitrogens with zero attached hydrogens (tertiary/aromatic N) is 5. The van der Waals surface area contributed by atoms with Gasteiger partial charge in [-0.15, -0.1) is 0 Å². The number of benzene rings is 1. The summed E-state index contributed by atoms with van der Waals surface area (Å²) in [6.07, 6.45) is 5.06. The molecule has 2 aromatic rings. The standard InChI is InChI=1S/C24H32N6O4/c1-4-29(5-2)20(31)15-33-18-13-11-17(12-14-18)22-21(16(3)25-24-26-27-28-30(22)24)23(32)34-19-9-7-6-8-10-19/h11-14,19,22H,4-10,15H2,1-3H3,(H,25,26,28). The van der Waals surface area contributed by atoms with Crippen LogP contribution in [0.2, 0.25) is 0 Å². The van der Waals surface area contributed by atoms with E-state index in [4.69, 9.17) is 9.47 Å². The van der Waals surface area contributed by atoms with E-state index in [1.54, 1.807) is 21.7 Å². The van der Waals surface area contributed by atoms with E-state index in [2.05, 4.69) is 20.8 Å². The number of hydrogen-bond acceptors (Lipinski definition) is 8. The van der Waals surface area contributed by atoms with E-state index >= 15 is 0 Å². The summed E-state index contributed by atoms with van der Waals surface area (Å²) in [5.41, 5.74) is 1.96. The van der Waals surface area contributed by atoms with Crippen molar-refractivity contribution in [1.29, 1.82) is 0 Å². The number of fused-ring (bicyclic) bond motifs is 1. The molecule has 4 rings (SSSR count). The molecule has 1 amide bonds. The summed E-state index contributed by atoms with van der Waals surface area (Å²) in [6, 6.07) is 6.76. The van der Waals surface area contributed by atoms with E-state index in [-0.39, 0.29) is 24.6 Å². The molecule has 0 radical (unpaired) electrons. The van der Waals surface area contributed by atoms with Gasteiger partial charge in [0.1, 0.15) is 17.9 Å². The first kappa shape index (κ1) is 23.7. The maximum absolute atomic E-state index is 13.3. The van der Waals surface area contributed by atoms with E-state index in [1.807, 2.05) is 32.9 Å². The summed E-state index contributed by atoms with van der Waals surface area (Å²) < 4.78 is 13.2. The smallest absolute Gasteiger partial charge is 0.338 e. The lowest BCUT2D eigenvalue weighted by Crippen LogP contribution is -2.34. The Kier molecular flexibility index (Phi) is 7.44. The summed E-state index contributed by atoms with van der Waals surface area (Å²) in [5, 5.41) is 15.0. The Morgan fingerprint density at radius 1 is 1.12 bits per heavy atom. The van der Waals surface area contributed by atoms with Crippen LogP contribution >= 0.6 is 0 Å². The van der Waals surface area contributed by atoms with Gasteiger partial charge in [-0.1, -0.05) is 23.7 Å². The van der Waals surface area contributed by atoms with Gasteiger partial charge in [-0.25, -0.2) is 4.79 Å². The third-order valence-electron chi connectivity index (χ3n) is 6.43. The number of esters is 1. The lowest BCUT2D eigenvalue weighted by molar-refractivity contribution is -0.146. The lowest BCUT2D eigenvalue weighted by Gasteiger charge is -2.29. The molecule has 1 unspecified atom stereocenters. The van der Waals surface area contributed by atoms with Gasteiger partial charge in [0.25, 0.3) is 5.91 Å². The van der Waals surface area contributed by atoms with Crippen molar-refractivity contribution in [2.75, 3.05) is 25.0 Å². The molecule has 182 valence electrons. The number of hydrogen-bond donors (Lipinski definition) is 1. The van der Waals surface area contributed by atoms with Crippen molar-refractivity contribution in [2.24, 2.45) is 0 Å². The molecule has 34 heavy (non-hydrogen) atoms. The fourth-order valence-electron chi connectivity index (χ4n) is 4.54. The van der Waals surface area contributed by atoms with Crippen molar-refractivity contribution in [3.63, 3.8) is 0 Å². The number of allylic oxidation sites excluding steroid dienone is 1. The Morgan fingerprint density at radius 3 is 2.50 bits per heavy atom. The molecular formula is C24H32N6O4. The molecule has 10 heteroatoms. The number of aromatic nitrogens is 4. The molecule has 0 spiro atoms. The van der Waals surface area contributed by atoms with E-state index in [9.17, 15) is 9.59 Å². The summed E-state index contributed by atoms with van der Waals surface area (Å²) >= 11 is 0. The summed E-state index contributed by atoms with van der Waals surface area (Å²) in [6.45, 7) is 6.98. The predicted octanol–water partition coefficient (Wildman–Crippen LogP) is 3.09. The van der Waals surface area contributed by atoms with Gasteiger partial charge in [0.05, 0.1) is 5.57 Å². The maximum atomic E-state index is 13.3. The molecule has 2 aliphatic rings. The zero-order chi connectivity index (χ0) is 24.1. The van der Waals surface area contributed by atoms with Crippen LogP contribution in [0.25, 0.3) is 0 Å². The Balaban J connectivity index is 1.54. The molecule has 1 fully saturated rings. The molecule has 1 N–H and O–H groups in total. The zero-order valence-electron chi connectivity index (χ0n) is 20.0. The second kappa shape index (κ2) is 10.7. The Morgan fingerprint density at radius 2 is 1.82 bits per heavy atom. The van der Waals surface area contributed by atoms with Crippen LogP contribution in [-0.2, 0) is 14.3 Å². The number of carbonyl (C=O) groups excluding carboxylic acids is 2. The van der Waals surface area contributed by atoms with Gasteiger partial charge in [-0.3, -0.25) is 4.79 Å². The van der Waals surface area contributed by atoms with Crippen LogP contribution < -0.4 is 10.1 Å². The van der Waals surface area contributed by atoms with Crippen molar-refractivity contribution in [2.45, 2.75) is 65.0 Å². The molecule has 0 bridgehead atoms. The van der Waals surface area contributed by atoms with Gasteiger partial charge in [0.15, 0.2) is 6.61 Å². The Labute approximate surface area is 199 Å². The quantitative estimate of drug-likeness (QED) is 0.589. The molecule has 0 saturated heterocycles. The third kappa shape index (κ3) is 5.05. The van der Waals surface area contributed by atoms with Crippen molar-refractivity contribution in [3.05, 3.63) is 41.1 Å². The minimum absolute atomic E-state index is 0.0243. The second-order valence-electron chi connectivity index (χ2n) is 8.60. The highest BCUT2D eigenvalue weighted by atomic mass is 16.5. The first-order valence-corrected chi connectivity index (χ1v) is 12.0. The van der Waals surface area contributed by atoms with Crippen LogP contribution in [0.3, 0.4) is 0 Å². The first-order valence-electron chi connectivity index (χ1n) is 12.0. The van der Waals surface area contributed by atoms with Crippen molar-refractivity contribution >= 4 is 17.8 Å². The number of rotatable bonds is 8. The van der Waals surface area contributed by atoms with Crippen LogP contribution in [0, 0.1) is 0 Å². The van der Waals surface area contributed by atoms with E-state index in [0.29, 0.717) is 36.1 Å². The molecule has 2 heterocycles. The Bertz CT molecular complexity index is 1040. The molecule has 1 atom stereocenters. The summed E-state index contributed by atoms with van der Waals surface area (Å²) in [7, 11) is 0. The highest BCUT2D eigenvalue weighted by Crippen LogP contribution is 2.36. The van der Waals surface area contributed by atoms with Crippen LogP contribution in [0.1, 0.15) is 64.5 Å². The van der Waals surface area contributed by atoms with E-state index in [0.717, 1.165) is 31.2 Å². The molecule has 1 aliphatic heterocycles. The van der Waals surface area contributed by atoms with Gasteiger partial charge in [-0.05, 0) is 74.6 Å². The molecular weight excluding hydrogens is 436 g/mol. The molecule has 1 aliphatic carbocycles. The highest BCUT2D eigenvalue weighted by Gasteiger charge is 2.36. The fourth-order valence-corrected chi connectivity index (χ4v) is 4.54. The number of tetrazole rings is 1. The average molecular weight is 469 g/mol. The van der Waals surface area contributed by atoms with Crippen LogP contribution in [0.5, 0.6) is 5.75 Å². The van der Waals surface area contributed by atoms with Crippen molar-refractivity contribution in [1.82, 2.24) is 25.1 Å². The van der Waals surface area contributed by atoms with Crippen LogP contribution in [-0.4, -0.2) is 62.8 Å². The summed E-state index contributed by atoms with van der Waals surface area (Å²) in [4.78, 5) is 27.2. The highest BCUT2D eigenvalue weighted by molar-refractivity contribution is 5.92. The number of likely N-dealkylation sites (N-methyl/N-ethyl adjacent to an activating group) is 1. The van der Waals surface area contributed by atoms with Gasteiger partial charge in [-0.2, -0.15) is 4.68 Å². The number of anilines is 1. The molecule has 1 aromatic heterocycles. The SMILES string of the molecule is CCN(CC)C(=O)COc1ccc(C2C(C(=O)OC3CCCCC3)=C(C)Nc3nnnn32)cc1. The van der Waals surface area contributed by atoms with Crippen LogP contribution in [0.15, 0.2) is 35.5 Å². The lowest BCUT2D eigenvalue weighted by atomic mass is 9.95. The van der Waals surface area contributed by atoms with E-state index in [1.165, 1.54) is 6.42 Å². The number of carbonyl (C=O) groups is 2. The minimum atomic E-state index is -0.534. The van der Waals surface area contributed by atoms with Crippen molar-refractivity contribution < 1.29 is 19.1 Å². The zero-order valence-corrected chi connectivity index (χ0v) is 20.0. The molecule has 1 saturated carbocycles. The first-order chi connectivity index (χ1) is 16.5. The number of amides is 1. The summed E-state index contributed by atoms with van der Waals surface area (Å²) in [5.74, 6) is 0.620. The van der Waals surface area contributed by atoms with Gasteiger partial charge >= 0.3 is 5.97 Å². The van der Waals surface area contributed by atoms with Crippen LogP contribution in [0.4, 0.5) is 5.95 Å². The fraction of sp³-hybridized carbons (Fsp3) is 0.542. The number of nitrogens with one attached hydrogen (secondary N) is 1. The minimum Gasteiger partial charge on any atom is -0.484 e. The van der Waals surface area contributed by atoms with E-state index < -0.39 is 6.04 Å². The average Bonchev–Trinajstić information content (AvgIpc) is 3.31. The van der Waals surface area contributed by atoms with Crippen molar-refractivity contribution in [3.8, 4) is 5.75 Å². The topological polar surface area (TPSA) is 111 Å². The van der Waals surface area contributed by atoms with Gasteiger partial charge in [0.2, 0.25) is 5.95 Å². The van der Waals surface area contributed by atoms with Gasteiger partial charge < -0.3 is 19.7 Å². The molecule has 10 nitrogen and oxygen atoms in total. The largest absolute Gasteiger partial charge is 0.484 e. The maximum Gasteiger partial charge on any atom is 0.338 e. The van der Waals surface area contributed by atoms with Gasteiger partial charge in [0, 0.05) is 18.8 Å². The third-order valence-corrected chi connectivity index (χ3v) is 6.43. The molecule has 1 aromatic carbocycles. The normalized spacial score (nSPS) is 18.1.